The van der Waals surface area contributed by atoms with Crippen molar-refractivity contribution in [1.29, 1.82) is 0 Å². The number of ether oxygens (including phenoxy) is 1. The molecule has 1 amide bonds. The lowest BCUT2D eigenvalue weighted by molar-refractivity contribution is 0.00578. The highest BCUT2D eigenvalue weighted by atomic mass is 16.7. The summed E-state index contributed by atoms with van der Waals surface area (Å²) in [6, 6.07) is 20.2. The van der Waals surface area contributed by atoms with Crippen LogP contribution in [0.15, 0.2) is 66.1 Å². The lowest BCUT2D eigenvalue weighted by Crippen LogP contribution is -2.41. The molecule has 0 spiro atoms. The number of anilines is 2. The largest absolute Gasteiger partial charge is 0.492 e. The SMILES string of the molecule is Cc1cc(N)c(N)cc1C=C(CNC(=O)OCC1c2ccccc2-c2ccccc21)B1OC(C)(C)C(C)(C)O1. The number of carbonyl (C=O) groups excluding carboxylic acids is 1. The molecule has 1 fully saturated rings. The fraction of sp³-hybridized carbons (Fsp3) is 0.323. The Kier molecular flexibility index (Phi) is 6.95. The van der Waals surface area contributed by atoms with Crippen molar-refractivity contribution in [2.24, 2.45) is 0 Å². The van der Waals surface area contributed by atoms with Crippen molar-refractivity contribution in [3.63, 3.8) is 0 Å². The van der Waals surface area contributed by atoms with E-state index in [4.69, 9.17) is 25.5 Å². The van der Waals surface area contributed by atoms with E-state index in [-0.39, 0.29) is 19.1 Å². The van der Waals surface area contributed by atoms with Gasteiger partial charge in [0.25, 0.3) is 0 Å². The summed E-state index contributed by atoms with van der Waals surface area (Å²) in [6.07, 6.45) is 1.43. The quantitative estimate of drug-likeness (QED) is 0.281. The minimum Gasteiger partial charge on any atom is -0.449 e. The number of nitrogens with two attached hydrogens (primary N) is 2. The lowest BCUT2D eigenvalue weighted by atomic mass is 9.76. The molecule has 39 heavy (non-hydrogen) atoms. The number of alkyl carbamates (subject to hydrolysis) is 1. The first kappa shape index (κ1) is 26.8. The maximum atomic E-state index is 12.9. The summed E-state index contributed by atoms with van der Waals surface area (Å²) in [5, 5.41) is 2.91. The van der Waals surface area contributed by atoms with Crippen LogP contribution >= 0.6 is 0 Å². The summed E-state index contributed by atoms with van der Waals surface area (Å²) in [7, 11) is -0.651. The van der Waals surface area contributed by atoms with Crippen molar-refractivity contribution in [1.82, 2.24) is 5.32 Å². The highest BCUT2D eigenvalue weighted by Crippen LogP contribution is 2.44. The van der Waals surface area contributed by atoms with Crippen LogP contribution in [-0.4, -0.2) is 37.6 Å². The lowest BCUT2D eigenvalue weighted by Gasteiger charge is -2.32. The fourth-order valence-electron chi connectivity index (χ4n) is 5.14. The van der Waals surface area contributed by atoms with Gasteiger partial charge in [-0.3, -0.25) is 0 Å². The Hall–Kier alpha value is -3.75. The van der Waals surface area contributed by atoms with Crippen molar-refractivity contribution >= 4 is 30.7 Å². The first-order valence-corrected chi connectivity index (χ1v) is 13.3. The second-order valence-corrected chi connectivity index (χ2v) is 11.3. The second-order valence-electron chi connectivity index (χ2n) is 11.3. The zero-order chi connectivity index (χ0) is 27.9. The molecule has 0 saturated carbocycles. The van der Waals surface area contributed by atoms with E-state index in [1.165, 1.54) is 22.3 Å². The number of nitrogen functional groups attached to an aromatic ring is 2. The van der Waals surface area contributed by atoms with E-state index in [2.05, 4.69) is 29.6 Å². The molecule has 5 N–H and O–H groups in total. The second kappa shape index (κ2) is 10.1. The third-order valence-corrected chi connectivity index (χ3v) is 8.15. The van der Waals surface area contributed by atoms with Crippen molar-refractivity contribution in [3.05, 3.63) is 88.4 Å². The number of aryl methyl sites for hydroxylation is 1. The van der Waals surface area contributed by atoms with Crippen LogP contribution in [0.2, 0.25) is 0 Å². The van der Waals surface area contributed by atoms with Gasteiger partial charge in [0.1, 0.15) is 6.61 Å². The van der Waals surface area contributed by atoms with Gasteiger partial charge < -0.3 is 30.8 Å². The van der Waals surface area contributed by atoms with Crippen molar-refractivity contribution in [2.45, 2.75) is 51.7 Å². The topological polar surface area (TPSA) is 109 Å². The molecule has 1 saturated heterocycles. The predicted octanol–water partition coefficient (Wildman–Crippen LogP) is 5.71. The van der Waals surface area contributed by atoms with Gasteiger partial charge in [-0.05, 0) is 85.6 Å². The number of hydrogen-bond donors (Lipinski definition) is 3. The van der Waals surface area contributed by atoms with Crippen LogP contribution in [0, 0.1) is 6.92 Å². The molecule has 202 valence electrons. The average Bonchev–Trinajstić information content (AvgIpc) is 3.32. The smallest absolute Gasteiger partial charge is 0.449 e. The van der Waals surface area contributed by atoms with Gasteiger partial charge in [0, 0.05) is 12.5 Å². The third-order valence-electron chi connectivity index (χ3n) is 8.15. The van der Waals surface area contributed by atoms with Gasteiger partial charge in [-0.1, -0.05) is 54.6 Å². The van der Waals surface area contributed by atoms with E-state index in [1.807, 2.05) is 77.1 Å². The molecule has 1 aliphatic heterocycles. The molecule has 3 aromatic carbocycles. The van der Waals surface area contributed by atoms with Gasteiger partial charge in [0.2, 0.25) is 0 Å². The zero-order valence-electron chi connectivity index (χ0n) is 23.2. The summed E-state index contributed by atoms with van der Waals surface area (Å²) >= 11 is 0. The number of rotatable bonds is 6. The highest BCUT2D eigenvalue weighted by Gasteiger charge is 2.52. The Morgan fingerprint density at radius 2 is 1.49 bits per heavy atom. The maximum absolute atomic E-state index is 12.9. The third kappa shape index (κ3) is 5.14. The highest BCUT2D eigenvalue weighted by molar-refractivity contribution is 6.56. The van der Waals surface area contributed by atoms with Crippen molar-refractivity contribution in [3.8, 4) is 11.1 Å². The van der Waals surface area contributed by atoms with Crippen LogP contribution in [0.5, 0.6) is 0 Å². The Balaban J connectivity index is 1.33. The standard InChI is InChI=1S/C31H36BN3O4/c1-19-14-27(33)28(34)16-20(19)15-21(32-38-30(2,3)31(4,5)39-32)17-35-29(36)37-18-26-24-12-8-6-10-22(24)23-11-7-9-13-25(23)26/h6-16,26H,17-18,33-34H2,1-5H3,(H,35,36). The van der Waals surface area contributed by atoms with E-state index in [0.717, 1.165) is 16.6 Å². The Morgan fingerprint density at radius 3 is 2.08 bits per heavy atom. The van der Waals surface area contributed by atoms with Gasteiger partial charge in [-0.2, -0.15) is 0 Å². The van der Waals surface area contributed by atoms with Crippen LogP contribution in [0.4, 0.5) is 16.2 Å². The van der Waals surface area contributed by atoms with Crippen LogP contribution < -0.4 is 16.8 Å². The Bertz CT molecular complexity index is 1390. The van der Waals surface area contributed by atoms with Gasteiger partial charge >= 0.3 is 13.2 Å². The summed E-state index contributed by atoms with van der Waals surface area (Å²) < 4.78 is 18.4. The average molecular weight is 525 g/mol. The Morgan fingerprint density at radius 1 is 0.949 bits per heavy atom. The Labute approximate surface area is 230 Å². The molecule has 0 unspecified atom stereocenters. The molecule has 5 rings (SSSR count). The van der Waals surface area contributed by atoms with E-state index < -0.39 is 24.4 Å². The van der Waals surface area contributed by atoms with Gasteiger partial charge in [0.15, 0.2) is 0 Å². The van der Waals surface area contributed by atoms with Gasteiger partial charge in [-0.25, -0.2) is 4.79 Å². The molecule has 0 aromatic heterocycles. The number of amides is 1. The van der Waals surface area contributed by atoms with Crippen LogP contribution in [0.1, 0.15) is 55.9 Å². The monoisotopic (exact) mass is 525 g/mol. The minimum atomic E-state index is -0.651. The summed E-state index contributed by atoms with van der Waals surface area (Å²) in [5.41, 5.74) is 19.3. The number of benzene rings is 3. The fourth-order valence-corrected chi connectivity index (χ4v) is 5.14. The molecular formula is C31H36BN3O4. The molecular weight excluding hydrogens is 489 g/mol. The van der Waals surface area contributed by atoms with Crippen molar-refractivity contribution < 1.29 is 18.8 Å². The summed E-state index contributed by atoms with van der Waals surface area (Å²) in [4.78, 5) is 12.9. The molecule has 0 atom stereocenters. The van der Waals surface area contributed by atoms with E-state index >= 15 is 0 Å². The molecule has 8 heteroatoms. The normalized spacial score (nSPS) is 17.6. The maximum Gasteiger partial charge on any atom is 0.492 e. The molecule has 1 aliphatic carbocycles. The molecule has 2 aliphatic rings. The van der Waals surface area contributed by atoms with Crippen LogP contribution in [0.3, 0.4) is 0 Å². The molecule has 7 nitrogen and oxygen atoms in total. The van der Waals surface area contributed by atoms with E-state index in [1.54, 1.807) is 0 Å². The van der Waals surface area contributed by atoms with Gasteiger partial charge in [0.05, 0.1) is 22.6 Å². The minimum absolute atomic E-state index is 0.0124. The molecule has 1 heterocycles. The number of nitrogens with one attached hydrogen (secondary N) is 1. The summed E-state index contributed by atoms with van der Waals surface area (Å²) in [6.45, 7) is 10.4. The van der Waals surface area contributed by atoms with E-state index in [0.29, 0.717) is 11.4 Å². The van der Waals surface area contributed by atoms with Gasteiger partial charge in [-0.15, -0.1) is 0 Å². The number of fused-ring (bicyclic) bond motifs is 3. The molecule has 3 aromatic rings. The first-order chi connectivity index (χ1) is 18.5. The van der Waals surface area contributed by atoms with Crippen LogP contribution in [0.25, 0.3) is 17.2 Å². The van der Waals surface area contributed by atoms with Crippen LogP contribution in [-0.2, 0) is 14.0 Å². The number of carbonyl (C=O) groups is 1. The number of hydrogen-bond acceptors (Lipinski definition) is 6. The van der Waals surface area contributed by atoms with Crippen molar-refractivity contribution in [2.75, 3.05) is 24.6 Å². The molecule has 0 bridgehead atoms. The first-order valence-electron chi connectivity index (χ1n) is 13.3. The zero-order valence-corrected chi connectivity index (χ0v) is 23.2. The predicted molar refractivity (Wildman–Crippen MR) is 157 cm³/mol. The molecule has 0 radical (unpaired) electrons. The summed E-state index contributed by atoms with van der Waals surface area (Å²) in [5.74, 6) is -0.0124. The van der Waals surface area contributed by atoms with E-state index in [9.17, 15) is 4.79 Å².